The Morgan fingerprint density at radius 3 is 2.43 bits per heavy atom. The van der Waals surface area contributed by atoms with Crippen molar-refractivity contribution in [3.05, 3.63) is 74.2 Å². The van der Waals surface area contributed by atoms with Gasteiger partial charge in [-0.2, -0.15) is 0 Å². The van der Waals surface area contributed by atoms with E-state index in [-0.39, 0.29) is 17.0 Å². The van der Waals surface area contributed by atoms with E-state index in [0.29, 0.717) is 12.1 Å². The summed E-state index contributed by atoms with van der Waals surface area (Å²) in [6.45, 7) is 0.668. The Morgan fingerprint density at radius 1 is 1.17 bits per heavy atom. The number of carbonyl (C=O) groups is 1. The average Bonchev–Trinajstić information content (AvgIpc) is 3.04. The van der Waals surface area contributed by atoms with Gasteiger partial charge in [0.15, 0.2) is 0 Å². The Bertz CT molecular complexity index is 734. The Morgan fingerprint density at radius 2 is 1.83 bits per heavy atom. The van der Waals surface area contributed by atoms with E-state index in [0.717, 1.165) is 15.8 Å². The Balaban J connectivity index is 1.82. The van der Waals surface area contributed by atoms with Crippen LogP contribution in [0.4, 0.5) is 5.69 Å². The van der Waals surface area contributed by atoms with Gasteiger partial charge >= 0.3 is 0 Å². The van der Waals surface area contributed by atoms with Gasteiger partial charge in [0.1, 0.15) is 5.37 Å². The van der Waals surface area contributed by atoms with E-state index in [1.165, 1.54) is 24.3 Å². The molecule has 23 heavy (non-hydrogen) atoms. The van der Waals surface area contributed by atoms with Gasteiger partial charge < -0.3 is 4.90 Å². The lowest BCUT2D eigenvalue weighted by atomic mass is 10.1. The summed E-state index contributed by atoms with van der Waals surface area (Å²) in [6.07, 6.45) is 0. The highest BCUT2D eigenvalue weighted by atomic mass is 79.9. The molecule has 2 aromatic carbocycles. The van der Waals surface area contributed by atoms with Crippen LogP contribution in [0.3, 0.4) is 0 Å². The van der Waals surface area contributed by atoms with Crippen molar-refractivity contribution in [3.63, 3.8) is 0 Å². The van der Waals surface area contributed by atoms with E-state index >= 15 is 0 Å². The molecule has 118 valence electrons. The number of thioether (sulfide) groups is 1. The molecule has 1 atom stereocenters. The molecule has 1 unspecified atom stereocenters. The summed E-state index contributed by atoms with van der Waals surface area (Å²) in [5, 5.41) is 10.7. The van der Waals surface area contributed by atoms with E-state index in [1.807, 2.05) is 29.2 Å². The Kier molecular flexibility index (Phi) is 4.68. The molecule has 1 amide bonds. The molecule has 0 spiro atoms. The number of rotatable bonds is 3. The van der Waals surface area contributed by atoms with Gasteiger partial charge in [-0.05, 0) is 29.8 Å². The zero-order valence-corrected chi connectivity index (χ0v) is 14.4. The normalized spacial score (nSPS) is 17.3. The topological polar surface area (TPSA) is 63.4 Å². The third-order valence-electron chi connectivity index (χ3n) is 3.63. The molecule has 2 aromatic rings. The second kappa shape index (κ2) is 6.72. The van der Waals surface area contributed by atoms with Crippen molar-refractivity contribution in [2.24, 2.45) is 0 Å². The van der Waals surface area contributed by atoms with Crippen molar-refractivity contribution in [1.29, 1.82) is 0 Å². The molecule has 0 saturated carbocycles. The third kappa shape index (κ3) is 3.40. The van der Waals surface area contributed by atoms with E-state index in [9.17, 15) is 14.9 Å². The predicted octanol–water partition coefficient (Wildman–Crippen LogP) is 4.25. The fourth-order valence-electron chi connectivity index (χ4n) is 2.47. The molecule has 0 radical (unpaired) electrons. The Labute approximate surface area is 146 Å². The zero-order chi connectivity index (χ0) is 16.4. The van der Waals surface area contributed by atoms with Gasteiger partial charge in [-0.1, -0.05) is 28.1 Å². The second-order valence-electron chi connectivity index (χ2n) is 5.08. The minimum Gasteiger partial charge on any atom is -0.322 e. The van der Waals surface area contributed by atoms with Crippen molar-refractivity contribution in [2.75, 3.05) is 12.3 Å². The summed E-state index contributed by atoms with van der Waals surface area (Å²) >= 11 is 5.13. The van der Waals surface area contributed by atoms with Gasteiger partial charge in [0.05, 0.1) is 4.92 Å². The molecular weight excluding hydrogens is 380 g/mol. The standard InChI is InChI=1S/C16H13BrN2O3S/c17-13-5-1-12(2-6-13)16-18(9-10-23-16)15(20)11-3-7-14(8-4-11)19(21)22/h1-8,16H,9-10H2. The van der Waals surface area contributed by atoms with Crippen molar-refractivity contribution >= 4 is 39.3 Å². The largest absolute Gasteiger partial charge is 0.322 e. The molecule has 0 aliphatic carbocycles. The van der Waals surface area contributed by atoms with Crippen molar-refractivity contribution < 1.29 is 9.72 Å². The minimum absolute atomic E-state index is 0.0122. The molecule has 1 saturated heterocycles. The molecule has 1 aliphatic heterocycles. The molecule has 7 heteroatoms. The van der Waals surface area contributed by atoms with Gasteiger partial charge in [0.25, 0.3) is 11.6 Å². The number of hydrogen-bond acceptors (Lipinski definition) is 4. The number of non-ortho nitro benzene ring substituents is 1. The molecule has 1 heterocycles. The van der Waals surface area contributed by atoms with E-state index < -0.39 is 4.92 Å². The zero-order valence-electron chi connectivity index (χ0n) is 12.0. The number of hydrogen-bond donors (Lipinski definition) is 0. The number of carbonyl (C=O) groups excluding carboxylic acids is 1. The van der Waals surface area contributed by atoms with Crippen LogP contribution in [-0.4, -0.2) is 28.0 Å². The second-order valence-corrected chi connectivity index (χ2v) is 7.18. The summed E-state index contributed by atoms with van der Waals surface area (Å²) in [6, 6.07) is 13.7. The SMILES string of the molecule is O=C(c1ccc([N+](=O)[O-])cc1)N1CCSC1c1ccc(Br)cc1. The number of halogens is 1. The maximum Gasteiger partial charge on any atom is 0.269 e. The van der Waals surface area contributed by atoms with Crippen LogP contribution >= 0.6 is 27.7 Å². The molecular formula is C16H13BrN2O3S. The van der Waals surface area contributed by atoms with E-state index in [2.05, 4.69) is 15.9 Å². The number of benzene rings is 2. The van der Waals surface area contributed by atoms with Crippen LogP contribution in [0.15, 0.2) is 53.0 Å². The molecule has 1 aliphatic rings. The van der Waals surface area contributed by atoms with Gasteiger partial charge in [0, 0.05) is 34.5 Å². The first-order chi connectivity index (χ1) is 11.1. The summed E-state index contributed by atoms with van der Waals surface area (Å²) in [5.74, 6) is 0.775. The fraction of sp³-hybridized carbons (Fsp3) is 0.188. The van der Waals surface area contributed by atoms with Crippen LogP contribution in [0.25, 0.3) is 0 Å². The number of nitrogens with zero attached hydrogens (tertiary/aromatic N) is 2. The minimum atomic E-state index is -0.468. The number of nitro benzene ring substituents is 1. The van der Waals surface area contributed by atoms with Crippen LogP contribution in [0.2, 0.25) is 0 Å². The summed E-state index contributed by atoms with van der Waals surface area (Å²) < 4.78 is 0.998. The first kappa shape index (κ1) is 16.0. The van der Waals surface area contributed by atoms with Gasteiger partial charge in [-0.25, -0.2) is 0 Å². The van der Waals surface area contributed by atoms with Gasteiger partial charge in [0.2, 0.25) is 0 Å². The number of amides is 1. The predicted molar refractivity (Wildman–Crippen MR) is 93.5 cm³/mol. The lowest BCUT2D eigenvalue weighted by Crippen LogP contribution is -2.30. The fourth-order valence-corrected chi connectivity index (χ4v) is 3.99. The lowest BCUT2D eigenvalue weighted by Gasteiger charge is -2.24. The lowest BCUT2D eigenvalue weighted by molar-refractivity contribution is -0.384. The number of nitro groups is 1. The van der Waals surface area contributed by atoms with Crippen LogP contribution in [0.5, 0.6) is 0 Å². The molecule has 0 N–H and O–H groups in total. The van der Waals surface area contributed by atoms with Crippen LogP contribution in [0.1, 0.15) is 21.3 Å². The highest BCUT2D eigenvalue weighted by Crippen LogP contribution is 2.39. The smallest absolute Gasteiger partial charge is 0.269 e. The average molecular weight is 393 g/mol. The molecule has 5 nitrogen and oxygen atoms in total. The quantitative estimate of drug-likeness (QED) is 0.578. The van der Waals surface area contributed by atoms with Crippen molar-refractivity contribution in [1.82, 2.24) is 4.90 Å². The van der Waals surface area contributed by atoms with Crippen molar-refractivity contribution in [2.45, 2.75) is 5.37 Å². The monoisotopic (exact) mass is 392 g/mol. The molecule has 3 rings (SSSR count). The van der Waals surface area contributed by atoms with Gasteiger partial charge in [-0.15, -0.1) is 11.8 Å². The summed E-state index contributed by atoms with van der Waals surface area (Å²) in [4.78, 5) is 24.8. The van der Waals surface area contributed by atoms with Crippen LogP contribution < -0.4 is 0 Å². The maximum atomic E-state index is 12.7. The van der Waals surface area contributed by atoms with Crippen LogP contribution in [0, 0.1) is 10.1 Å². The molecule has 0 aromatic heterocycles. The highest BCUT2D eigenvalue weighted by molar-refractivity contribution is 9.10. The van der Waals surface area contributed by atoms with Crippen LogP contribution in [-0.2, 0) is 0 Å². The Hall–Kier alpha value is -1.86. The third-order valence-corrected chi connectivity index (χ3v) is 5.42. The molecule has 1 fully saturated rings. The first-order valence-electron chi connectivity index (χ1n) is 6.99. The first-order valence-corrected chi connectivity index (χ1v) is 8.83. The molecule has 0 bridgehead atoms. The van der Waals surface area contributed by atoms with E-state index in [4.69, 9.17) is 0 Å². The van der Waals surface area contributed by atoms with E-state index in [1.54, 1.807) is 11.8 Å². The van der Waals surface area contributed by atoms with Crippen molar-refractivity contribution in [3.8, 4) is 0 Å². The summed E-state index contributed by atoms with van der Waals surface area (Å²) in [5.41, 5.74) is 1.54. The van der Waals surface area contributed by atoms with Gasteiger partial charge in [-0.3, -0.25) is 14.9 Å². The summed E-state index contributed by atoms with van der Waals surface area (Å²) in [7, 11) is 0. The maximum absolute atomic E-state index is 12.7. The highest BCUT2D eigenvalue weighted by Gasteiger charge is 2.31.